The van der Waals surface area contributed by atoms with Gasteiger partial charge >= 0.3 is 0 Å². The van der Waals surface area contributed by atoms with E-state index in [1.807, 2.05) is 45.0 Å². The molecule has 1 aliphatic rings. The van der Waals surface area contributed by atoms with E-state index in [0.717, 1.165) is 11.1 Å². The van der Waals surface area contributed by atoms with Crippen LogP contribution in [-0.2, 0) is 14.3 Å². The Bertz CT molecular complexity index is 1040. The summed E-state index contributed by atoms with van der Waals surface area (Å²) in [5.41, 5.74) is 2.14. The number of nitrogens with zero attached hydrogens (tertiary/aromatic N) is 1. The van der Waals surface area contributed by atoms with Crippen LogP contribution >= 0.6 is 0 Å². The second-order valence-electron chi connectivity index (χ2n) is 7.78. The van der Waals surface area contributed by atoms with Crippen molar-refractivity contribution in [2.24, 2.45) is 0 Å². The van der Waals surface area contributed by atoms with Crippen LogP contribution in [0, 0.1) is 6.92 Å². The van der Waals surface area contributed by atoms with Crippen molar-refractivity contribution in [3.05, 3.63) is 64.7 Å². The van der Waals surface area contributed by atoms with Crippen molar-refractivity contribution in [1.82, 2.24) is 4.90 Å². The lowest BCUT2D eigenvalue weighted by atomic mass is 9.94. The maximum absolute atomic E-state index is 13.2. The van der Waals surface area contributed by atoms with Crippen LogP contribution in [0.3, 0.4) is 0 Å². The Labute approximate surface area is 194 Å². The highest BCUT2D eigenvalue weighted by Gasteiger charge is 2.46. The summed E-state index contributed by atoms with van der Waals surface area (Å²) in [6, 6.07) is 11.9. The number of aryl methyl sites for hydroxylation is 1. The quantitative estimate of drug-likeness (QED) is 0.251. The molecule has 0 bridgehead atoms. The molecule has 1 unspecified atom stereocenters. The fourth-order valence-corrected chi connectivity index (χ4v) is 4.05. The SMILES string of the molecule is CCOc1ccc(/C(O)=C2/C(=O)C(=O)N(CCCOC)C2c2cccc(C)c2)c(OCC)c1. The van der Waals surface area contributed by atoms with Gasteiger partial charge in [-0.05, 0) is 44.9 Å². The van der Waals surface area contributed by atoms with Crippen molar-refractivity contribution >= 4 is 17.4 Å². The first kappa shape index (κ1) is 24.3. The number of aliphatic hydroxyl groups is 1. The second-order valence-corrected chi connectivity index (χ2v) is 7.78. The Morgan fingerprint density at radius 1 is 1.06 bits per heavy atom. The molecule has 1 fully saturated rings. The molecule has 1 amide bonds. The minimum absolute atomic E-state index is 0.0492. The van der Waals surface area contributed by atoms with Gasteiger partial charge in [-0.3, -0.25) is 9.59 Å². The van der Waals surface area contributed by atoms with Crippen LogP contribution in [0.5, 0.6) is 11.5 Å². The third kappa shape index (κ3) is 5.20. The summed E-state index contributed by atoms with van der Waals surface area (Å²) in [5, 5.41) is 11.4. The molecule has 0 spiro atoms. The first-order valence-electron chi connectivity index (χ1n) is 11.2. The van der Waals surface area contributed by atoms with Crippen molar-refractivity contribution in [3.8, 4) is 11.5 Å². The van der Waals surface area contributed by atoms with Crippen molar-refractivity contribution in [3.63, 3.8) is 0 Å². The molecule has 7 heteroatoms. The van der Waals surface area contributed by atoms with Gasteiger partial charge in [0.1, 0.15) is 17.3 Å². The molecule has 1 atom stereocenters. The zero-order valence-corrected chi connectivity index (χ0v) is 19.6. The molecule has 0 radical (unpaired) electrons. The van der Waals surface area contributed by atoms with Gasteiger partial charge in [-0.2, -0.15) is 0 Å². The Hall–Kier alpha value is -3.32. The molecule has 1 aliphatic heterocycles. The molecule has 3 rings (SSSR count). The fourth-order valence-electron chi connectivity index (χ4n) is 4.05. The highest BCUT2D eigenvalue weighted by molar-refractivity contribution is 6.46. The monoisotopic (exact) mass is 453 g/mol. The van der Waals surface area contributed by atoms with Crippen LogP contribution in [0.25, 0.3) is 5.76 Å². The lowest BCUT2D eigenvalue weighted by molar-refractivity contribution is -0.140. The molecule has 1 N–H and O–H groups in total. The molecule has 2 aromatic rings. The number of benzene rings is 2. The minimum Gasteiger partial charge on any atom is -0.507 e. The summed E-state index contributed by atoms with van der Waals surface area (Å²) in [6.45, 7) is 7.28. The number of carbonyl (C=O) groups is 2. The number of hydrogen-bond acceptors (Lipinski definition) is 6. The molecule has 0 aromatic heterocycles. The van der Waals surface area contributed by atoms with Crippen LogP contribution in [0.1, 0.15) is 43.0 Å². The highest BCUT2D eigenvalue weighted by Crippen LogP contribution is 2.41. The minimum atomic E-state index is -0.715. The molecule has 1 heterocycles. The Morgan fingerprint density at radius 2 is 1.82 bits per heavy atom. The van der Waals surface area contributed by atoms with Crippen LogP contribution < -0.4 is 9.47 Å². The Morgan fingerprint density at radius 3 is 2.48 bits per heavy atom. The maximum atomic E-state index is 13.2. The van der Waals surface area contributed by atoms with E-state index in [-0.39, 0.29) is 11.3 Å². The van der Waals surface area contributed by atoms with Crippen LogP contribution in [-0.4, -0.2) is 55.2 Å². The van der Waals surface area contributed by atoms with Crippen molar-refractivity contribution < 1.29 is 28.9 Å². The average molecular weight is 454 g/mol. The lowest BCUT2D eigenvalue weighted by Crippen LogP contribution is -2.31. The van der Waals surface area contributed by atoms with Gasteiger partial charge in [-0.1, -0.05) is 29.8 Å². The van der Waals surface area contributed by atoms with Gasteiger partial charge in [-0.15, -0.1) is 0 Å². The predicted molar refractivity (Wildman–Crippen MR) is 125 cm³/mol. The van der Waals surface area contributed by atoms with E-state index in [2.05, 4.69) is 0 Å². The fraction of sp³-hybridized carbons (Fsp3) is 0.385. The summed E-state index contributed by atoms with van der Waals surface area (Å²) >= 11 is 0. The van der Waals surface area contributed by atoms with Gasteiger partial charge < -0.3 is 24.2 Å². The Kier molecular flexibility index (Phi) is 8.11. The number of hydrogen-bond donors (Lipinski definition) is 1. The van der Waals surface area contributed by atoms with Crippen LogP contribution in [0.4, 0.5) is 0 Å². The number of Topliss-reactive ketones (excluding diaryl/α,β-unsaturated/α-hetero) is 1. The number of aliphatic hydroxyl groups excluding tert-OH is 1. The van der Waals surface area contributed by atoms with Crippen LogP contribution in [0.2, 0.25) is 0 Å². The van der Waals surface area contributed by atoms with Crippen molar-refractivity contribution in [1.29, 1.82) is 0 Å². The third-order valence-electron chi connectivity index (χ3n) is 5.46. The molecule has 1 saturated heterocycles. The van der Waals surface area contributed by atoms with Crippen LogP contribution in [0.15, 0.2) is 48.0 Å². The summed E-state index contributed by atoms with van der Waals surface area (Å²) in [4.78, 5) is 27.7. The highest BCUT2D eigenvalue weighted by atomic mass is 16.5. The van der Waals surface area contributed by atoms with E-state index >= 15 is 0 Å². The van der Waals surface area contributed by atoms with E-state index in [1.165, 1.54) is 4.90 Å². The van der Waals surface area contributed by atoms with Crippen molar-refractivity contribution in [2.45, 2.75) is 33.2 Å². The standard InChI is InChI=1S/C26H31NO6/c1-5-32-19-11-12-20(21(16-19)33-6-2)24(28)22-23(18-10-7-9-17(3)15-18)27(13-8-14-31-4)26(30)25(22)29/h7,9-12,15-16,23,28H,5-6,8,13-14H2,1-4H3/b24-22-. The largest absolute Gasteiger partial charge is 0.507 e. The normalized spacial score (nSPS) is 17.5. The number of rotatable bonds is 10. The van der Waals surface area contributed by atoms with E-state index in [1.54, 1.807) is 25.3 Å². The van der Waals surface area contributed by atoms with E-state index < -0.39 is 17.7 Å². The summed E-state index contributed by atoms with van der Waals surface area (Å²) in [7, 11) is 1.59. The molecular formula is C26H31NO6. The molecule has 0 aliphatic carbocycles. The Balaban J connectivity index is 2.16. The topological polar surface area (TPSA) is 85.3 Å². The van der Waals surface area contributed by atoms with Gasteiger partial charge in [0, 0.05) is 26.3 Å². The van der Waals surface area contributed by atoms with E-state index in [9.17, 15) is 14.7 Å². The average Bonchev–Trinajstić information content (AvgIpc) is 3.04. The molecule has 176 valence electrons. The van der Waals surface area contributed by atoms with E-state index in [0.29, 0.717) is 49.8 Å². The zero-order valence-electron chi connectivity index (χ0n) is 19.6. The van der Waals surface area contributed by atoms with E-state index in [4.69, 9.17) is 14.2 Å². The number of carbonyl (C=O) groups excluding carboxylic acids is 2. The first-order chi connectivity index (χ1) is 15.9. The van der Waals surface area contributed by atoms with Gasteiger partial charge in [0.15, 0.2) is 0 Å². The molecule has 33 heavy (non-hydrogen) atoms. The number of methoxy groups -OCH3 is 1. The third-order valence-corrected chi connectivity index (χ3v) is 5.46. The number of amides is 1. The molecular weight excluding hydrogens is 422 g/mol. The first-order valence-corrected chi connectivity index (χ1v) is 11.2. The molecule has 0 saturated carbocycles. The zero-order chi connectivity index (χ0) is 24.0. The second kappa shape index (κ2) is 11.0. The predicted octanol–water partition coefficient (Wildman–Crippen LogP) is 4.25. The van der Waals surface area contributed by atoms with Gasteiger partial charge in [0.2, 0.25) is 0 Å². The maximum Gasteiger partial charge on any atom is 0.295 e. The number of ether oxygens (including phenoxy) is 3. The lowest BCUT2D eigenvalue weighted by Gasteiger charge is -2.25. The summed E-state index contributed by atoms with van der Waals surface area (Å²) < 4.78 is 16.4. The van der Waals surface area contributed by atoms with Gasteiger partial charge in [0.25, 0.3) is 11.7 Å². The molecule has 2 aromatic carbocycles. The molecule has 7 nitrogen and oxygen atoms in total. The number of likely N-dealkylation sites (tertiary alicyclic amines) is 1. The summed E-state index contributed by atoms with van der Waals surface area (Å²) in [5.74, 6) is -0.640. The smallest absolute Gasteiger partial charge is 0.295 e. The van der Waals surface area contributed by atoms with Gasteiger partial charge in [0.05, 0.1) is 30.4 Å². The van der Waals surface area contributed by atoms with Gasteiger partial charge in [-0.25, -0.2) is 0 Å². The van der Waals surface area contributed by atoms with Crippen molar-refractivity contribution in [2.75, 3.05) is 33.5 Å². The summed E-state index contributed by atoms with van der Waals surface area (Å²) in [6.07, 6.45) is 0.569. The number of ketones is 1.